The van der Waals surface area contributed by atoms with Crippen molar-refractivity contribution in [3.8, 4) is 0 Å². The summed E-state index contributed by atoms with van der Waals surface area (Å²) in [4.78, 5) is 13.5. The van der Waals surface area contributed by atoms with Crippen LogP contribution < -0.4 is 5.32 Å². The molecule has 0 unspecified atom stereocenters. The SMILES string of the molecule is CN(C)C(=O)c1cccc(NCc2ccc(Br)c(Br)c2)c1. The zero-order chi connectivity index (χ0) is 15.4. The summed E-state index contributed by atoms with van der Waals surface area (Å²) in [5, 5.41) is 3.33. The van der Waals surface area contributed by atoms with Crippen LogP contribution in [0.3, 0.4) is 0 Å². The Kier molecular flexibility index (Phi) is 5.42. The van der Waals surface area contributed by atoms with Crippen LogP contribution in [0.15, 0.2) is 51.4 Å². The fourth-order valence-corrected chi connectivity index (χ4v) is 2.55. The van der Waals surface area contributed by atoms with Crippen LogP contribution in [0.2, 0.25) is 0 Å². The maximum Gasteiger partial charge on any atom is 0.253 e. The van der Waals surface area contributed by atoms with Gasteiger partial charge >= 0.3 is 0 Å². The summed E-state index contributed by atoms with van der Waals surface area (Å²) in [6, 6.07) is 13.7. The van der Waals surface area contributed by atoms with Crippen molar-refractivity contribution < 1.29 is 4.79 Å². The van der Waals surface area contributed by atoms with Crippen LogP contribution in [0.1, 0.15) is 15.9 Å². The summed E-state index contributed by atoms with van der Waals surface area (Å²) < 4.78 is 2.06. The van der Waals surface area contributed by atoms with E-state index in [0.29, 0.717) is 12.1 Å². The van der Waals surface area contributed by atoms with Crippen LogP contribution in [0.5, 0.6) is 0 Å². The fraction of sp³-hybridized carbons (Fsp3) is 0.188. The number of nitrogens with one attached hydrogen (secondary N) is 1. The Bertz CT molecular complexity index is 656. The highest BCUT2D eigenvalue weighted by Crippen LogP contribution is 2.24. The first kappa shape index (κ1) is 16.0. The first-order valence-electron chi connectivity index (χ1n) is 6.47. The average molecular weight is 412 g/mol. The van der Waals surface area contributed by atoms with E-state index < -0.39 is 0 Å². The third-order valence-electron chi connectivity index (χ3n) is 3.00. The van der Waals surface area contributed by atoms with Gasteiger partial charge < -0.3 is 10.2 Å². The van der Waals surface area contributed by atoms with Crippen LogP contribution >= 0.6 is 31.9 Å². The molecule has 0 aliphatic rings. The second kappa shape index (κ2) is 7.09. The number of rotatable bonds is 4. The van der Waals surface area contributed by atoms with Gasteiger partial charge in [0.05, 0.1) is 0 Å². The molecule has 0 fully saturated rings. The molecule has 3 nitrogen and oxygen atoms in total. The van der Waals surface area contributed by atoms with Gasteiger partial charge in [-0.2, -0.15) is 0 Å². The summed E-state index contributed by atoms with van der Waals surface area (Å²) in [5.41, 5.74) is 2.78. The first-order valence-corrected chi connectivity index (χ1v) is 8.05. The summed E-state index contributed by atoms with van der Waals surface area (Å²) >= 11 is 6.95. The minimum Gasteiger partial charge on any atom is -0.381 e. The number of nitrogens with zero attached hydrogens (tertiary/aromatic N) is 1. The molecule has 0 heterocycles. The molecule has 0 aliphatic carbocycles. The molecule has 0 aromatic heterocycles. The Morgan fingerprint density at radius 2 is 1.86 bits per heavy atom. The minimum absolute atomic E-state index is 0.00466. The Balaban J connectivity index is 2.08. The molecule has 0 saturated carbocycles. The molecular weight excluding hydrogens is 396 g/mol. The van der Waals surface area contributed by atoms with Crippen molar-refractivity contribution in [1.82, 2.24) is 4.90 Å². The van der Waals surface area contributed by atoms with Gasteiger partial charge in [-0.25, -0.2) is 0 Å². The van der Waals surface area contributed by atoms with Gasteiger partial charge in [-0.15, -0.1) is 0 Å². The zero-order valence-electron chi connectivity index (χ0n) is 11.9. The summed E-state index contributed by atoms with van der Waals surface area (Å²) in [5.74, 6) is 0.00466. The maximum absolute atomic E-state index is 11.9. The van der Waals surface area contributed by atoms with Crippen molar-refractivity contribution >= 4 is 43.5 Å². The van der Waals surface area contributed by atoms with E-state index in [-0.39, 0.29) is 5.91 Å². The van der Waals surface area contributed by atoms with Gasteiger partial charge in [0.25, 0.3) is 5.91 Å². The highest BCUT2D eigenvalue weighted by atomic mass is 79.9. The number of carbonyl (C=O) groups excluding carboxylic acids is 1. The van der Waals surface area contributed by atoms with E-state index in [9.17, 15) is 4.79 Å². The minimum atomic E-state index is 0.00466. The Hall–Kier alpha value is -1.33. The van der Waals surface area contributed by atoms with E-state index in [4.69, 9.17) is 0 Å². The number of halogens is 2. The van der Waals surface area contributed by atoms with Gasteiger partial charge in [0.15, 0.2) is 0 Å². The van der Waals surface area contributed by atoms with Gasteiger partial charge in [-0.3, -0.25) is 4.79 Å². The monoisotopic (exact) mass is 410 g/mol. The third kappa shape index (κ3) is 4.32. The van der Waals surface area contributed by atoms with Crippen molar-refractivity contribution in [2.45, 2.75) is 6.54 Å². The van der Waals surface area contributed by atoms with Crippen LogP contribution in [-0.4, -0.2) is 24.9 Å². The largest absolute Gasteiger partial charge is 0.381 e. The fourth-order valence-electron chi connectivity index (χ4n) is 1.87. The molecule has 0 aliphatic heterocycles. The van der Waals surface area contributed by atoms with Gasteiger partial charge in [0, 0.05) is 40.8 Å². The van der Waals surface area contributed by atoms with Crippen LogP contribution in [0.4, 0.5) is 5.69 Å². The number of carbonyl (C=O) groups is 1. The summed E-state index contributed by atoms with van der Waals surface area (Å²) in [6.07, 6.45) is 0. The molecule has 2 aromatic rings. The lowest BCUT2D eigenvalue weighted by molar-refractivity contribution is 0.0827. The molecule has 1 amide bonds. The van der Waals surface area contributed by atoms with Crippen molar-refractivity contribution in [2.75, 3.05) is 19.4 Å². The lowest BCUT2D eigenvalue weighted by Gasteiger charge is -2.12. The van der Waals surface area contributed by atoms with Gasteiger partial charge in [0.2, 0.25) is 0 Å². The topological polar surface area (TPSA) is 32.3 Å². The molecule has 0 atom stereocenters. The quantitative estimate of drug-likeness (QED) is 0.801. The van der Waals surface area contributed by atoms with Gasteiger partial charge in [0.1, 0.15) is 0 Å². The van der Waals surface area contributed by atoms with Crippen molar-refractivity contribution in [2.24, 2.45) is 0 Å². The second-order valence-electron chi connectivity index (χ2n) is 4.88. The van der Waals surface area contributed by atoms with Gasteiger partial charge in [-0.1, -0.05) is 12.1 Å². The lowest BCUT2D eigenvalue weighted by Crippen LogP contribution is -2.21. The maximum atomic E-state index is 11.9. The molecule has 0 spiro atoms. The highest BCUT2D eigenvalue weighted by molar-refractivity contribution is 9.13. The smallest absolute Gasteiger partial charge is 0.253 e. The molecule has 5 heteroatoms. The van der Waals surface area contributed by atoms with E-state index in [1.54, 1.807) is 19.0 Å². The number of hydrogen-bond acceptors (Lipinski definition) is 2. The molecule has 0 radical (unpaired) electrons. The van der Waals surface area contributed by atoms with Crippen molar-refractivity contribution in [3.05, 3.63) is 62.5 Å². The van der Waals surface area contributed by atoms with Crippen LogP contribution in [-0.2, 0) is 6.54 Å². The normalized spacial score (nSPS) is 10.3. The Morgan fingerprint density at radius 3 is 2.52 bits per heavy atom. The van der Waals surface area contributed by atoms with Gasteiger partial charge in [-0.05, 0) is 67.8 Å². The van der Waals surface area contributed by atoms with E-state index >= 15 is 0 Å². The standard InChI is InChI=1S/C16H16Br2N2O/c1-20(2)16(21)12-4-3-5-13(9-12)19-10-11-6-7-14(17)15(18)8-11/h3-9,19H,10H2,1-2H3. The number of benzene rings is 2. The molecule has 110 valence electrons. The third-order valence-corrected chi connectivity index (χ3v) is 4.88. The van der Waals surface area contributed by atoms with Crippen molar-refractivity contribution in [3.63, 3.8) is 0 Å². The number of amides is 1. The molecule has 0 saturated heterocycles. The number of hydrogen-bond donors (Lipinski definition) is 1. The molecule has 0 bridgehead atoms. The average Bonchev–Trinajstić information content (AvgIpc) is 2.48. The molecule has 2 rings (SSSR count). The lowest BCUT2D eigenvalue weighted by atomic mass is 10.1. The molecule has 1 N–H and O–H groups in total. The predicted octanol–water partition coefficient (Wildman–Crippen LogP) is 4.53. The number of anilines is 1. The Morgan fingerprint density at radius 1 is 1.10 bits per heavy atom. The van der Waals surface area contributed by atoms with E-state index in [1.165, 1.54) is 0 Å². The molecule has 2 aromatic carbocycles. The highest BCUT2D eigenvalue weighted by Gasteiger charge is 2.08. The summed E-state index contributed by atoms with van der Waals surface area (Å²) in [7, 11) is 3.50. The second-order valence-corrected chi connectivity index (χ2v) is 6.59. The predicted molar refractivity (Wildman–Crippen MR) is 93.6 cm³/mol. The van der Waals surface area contributed by atoms with Crippen LogP contribution in [0.25, 0.3) is 0 Å². The van der Waals surface area contributed by atoms with Crippen molar-refractivity contribution in [1.29, 1.82) is 0 Å². The first-order chi connectivity index (χ1) is 9.97. The molecule has 21 heavy (non-hydrogen) atoms. The van der Waals surface area contributed by atoms with E-state index in [1.807, 2.05) is 30.3 Å². The zero-order valence-corrected chi connectivity index (χ0v) is 15.0. The van der Waals surface area contributed by atoms with E-state index in [2.05, 4.69) is 49.3 Å². The summed E-state index contributed by atoms with van der Waals surface area (Å²) in [6.45, 7) is 0.700. The van der Waals surface area contributed by atoms with Crippen LogP contribution in [0, 0.1) is 0 Å². The Labute approximate surface area is 141 Å². The van der Waals surface area contributed by atoms with E-state index in [0.717, 1.165) is 20.2 Å². The molecular formula is C16H16Br2N2O.